The van der Waals surface area contributed by atoms with E-state index in [-0.39, 0.29) is 5.41 Å². The molecule has 3 heteroatoms. The molecule has 0 saturated carbocycles. The van der Waals surface area contributed by atoms with Gasteiger partial charge in [0.2, 0.25) is 0 Å². The first-order valence-electron chi connectivity index (χ1n) is 4.21. The topological polar surface area (TPSA) is 27.7 Å². The van der Waals surface area contributed by atoms with Crippen LogP contribution in [0.2, 0.25) is 0 Å². The first-order valence-corrected chi connectivity index (χ1v) is 4.21. The van der Waals surface area contributed by atoms with Crippen molar-refractivity contribution in [3.05, 3.63) is 0 Å². The minimum absolute atomic E-state index is 0.213. The molecule has 0 atom stereocenters. The molecule has 0 spiro atoms. The Morgan fingerprint density at radius 3 is 2.17 bits per heavy atom. The maximum atomic E-state index is 5.27. The zero-order valence-corrected chi connectivity index (χ0v) is 8.55. The zero-order chi connectivity index (χ0) is 9.45. The molecule has 0 rings (SSSR count). The third-order valence-electron chi connectivity index (χ3n) is 1.13. The molecule has 0 fully saturated rings. The highest BCUT2D eigenvalue weighted by Crippen LogP contribution is 2.12. The largest absolute Gasteiger partial charge is 0.382 e. The van der Waals surface area contributed by atoms with Crippen molar-refractivity contribution >= 4 is 0 Å². The minimum Gasteiger partial charge on any atom is -0.382 e. The fraction of sp³-hybridized carbons (Fsp3) is 1.00. The molecule has 0 aromatic carbocycles. The van der Waals surface area contributed by atoms with Crippen LogP contribution in [0.15, 0.2) is 0 Å². The Balaban J connectivity index is 3.01. The second kappa shape index (κ2) is 6.40. The Hall–Kier alpha value is -0.120. The van der Waals surface area contributed by atoms with Crippen LogP contribution in [0.1, 0.15) is 20.8 Å². The fourth-order valence-electron chi connectivity index (χ4n) is 0.608. The van der Waals surface area contributed by atoms with Crippen molar-refractivity contribution in [1.82, 2.24) is 0 Å². The molecule has 0 aromatic rings. The summed E-state index contributed by atoms with van der Waals surface area (Å²) in [5.74, 6) is 0. The number of ether oxygens (including phenoxy) is 3. The maximum Gasteiger partial charge on any atom is 0.146 e. The molecule has 3 nitrogen and oxygen atoms in total. The summed E-state index contributed by atoms with van der Waals surface area (Å²) < 4.78 is 15.2. The Bertz CT molecular complexity index is 96.4. The van der Waals surface area contributed by atoms with Gasteiger partial charge < -0.3 is 14.2 Å². The molecule has 0 bridgehead atoms. The van der Waals surface area contributed by atoms with E-state index in [4.69, 9.17) is 14.2 Å². The van der Waals surface area contributed by atoms with Gasteiger partial charge in [-0.2, -0.15) is 0 Å². The van der Waals surface area contributed by atoms with Gasteiger partial charge in [0.1, 0.15) is 6.79 Å². The van der Waals surface area contributed by atoms with E-state index in [0.29, 0.717) is 20.0 Å². The van der Waals surface area contributed by atoms with E-state index in [1.54, 1.807) is 7.11 Å². The lowest BCUT2D eigenvalue weighted by molar-refractivity contribution is -0.0831. The normalized spacial score (nSPS) is 12.0. The van der Waals surface area contributed by atoms with Crippen LogP contribution < -0.4 is 0 Å². The van der Waals surface area contributed by atoms with Crippen molar-refractivity contribution in [2.45, 2.75) is 20.8 Å². The zero-order valence-electron chi connectivity index (χ0n) is 8.55. The summed E-state index contributed by atoms with van der Waals surface area (Å²) >= 11 is 0. The standard InChI is InChI=1S/C9H20O3/c1-9(2,3)7-12-8-11-6-5-10-4/h5-8H2,1-4H3. The predicted molar refractivity (Wildman–Crippen MR) is 48.1 cm³/mol. The first kappa shape index (κ1) is 11.9. The Morgan fingerprint density at radius 2 is 1.67 bits per heavy atom. The number of rotatable bonds is 6. The maximum absolute atomic E-state index is 5.27. The van der Waals surface area contributed by atoms with Crippen molar-refractivity contribution in [3.8, 4) is 0 Å². The third kappa shape index (κ3) is 9.88. The average Bonchev–Trinajstić information content (AvgIpc) is 1.94. The SMILES string of the molecule is COCCOCOCC(C)(C)C. The molecule has 0 aliphatic carbocycles. The van der Waals surface area contributed by atoms with Gasteiger partial charge in [0.25, 0.3) is 0 Å². The molecular weight excluding hydrogens is 156 g/mol. The Morgan fingerprint density at radius 1 is 1.00 bits per heavy atom. The molecule has 12 heavy (non-hydrogen) atoms. The van der Waals surface area contributed by atoms with E-state index in [9.17, 15) is 0 Å². The lowest BCUT2D eigenvalue weighted by atomic mass is 9.99. The van der Waals surface area contributed by atoms with E-state index in [2.05, 4.69) is 20.8 Å². The quantitative estimate of drug-likeness (QED) is 0.455. The minimum atomic E-state index is 0.213. The van der Waals surface area contributed by atoms with E-state index in [1.807, 2.05) is 0 Å². The van der Waals surface area contributed by atoms with Crippen molar-refractivity contribution in [2.75, 3.05) is 33.7 Å². The van der Waals surface area contributed by atoms with Crippen molar-refractivity contribution < 1.29 is 14.2 Å². The molecule has 0 N–H and O–H groups in total. The van der Waals surface area contributed by atoms with Crippen LogP contribution in [0, 0.1) is 5.41 Å². The molecule has 0 unspecified atom stereocenters. The van der Waals surface area contributed by atoms with Gasteiger partial charge in [-0.25, -0.2) is 0 Å². The van der Waals surface area contributed by atoms with Crippen molar-refractivity contribution in [1.29, 1.82) is 0 Å². The molecule has 0 aliphatic rings. The van der Waals surface area contributed by atoms with Crippen LogP contribution in [-0.2, 0) is 14.2 Å². The van der Waals surface area contributed by atoms with Gasteiger partial charge in [-0.3, -0.25) is 0 Å². The summed E-state index contributed by atoms with van der Waals surface area (Å²) in [4.78, 5) is 0. The second-order valence-electron chi connectivity index (χ2n) is 3.93. The summed E-state index contributed by atoms with van der Waals surface area (Å²) in [6, 6.07) is 0. The number of hydrogen-bond donors (Lipinski definition) is 0. The van der Waals surface area contributed by atoms with Gasteiger partial charge >= 0.3 is 0 Å². The van der Waals surface area contributed by atoms with Crippen LogP contribution in [0.25, 0.3) is 0 Å². The number of hydrogen-bond acceptors (Lipinski definition) is 3. The average molecular weight is 176 g/mol. The van der Waals surface area contributed by atoms with E-state index < -0.39 is 0 Å². The highest BCUT2D eigenvalue weighted by Gasteiger charge is 2.09. The first-order chi connectivity index (χ1) is 5.56. The molecule has 0 heterocycles. The fourth-order valence-corrected chi connectivity index (χ4v) is 0.608. The van der Waals surface area contributed by atoms with Gasteiger partial charge in [-0.15, -0.1) is 0 Å². The van der Waals surface area contributed by atoms with Gasteiger partial charge in [0.15, 0.2) is 0 Å². The molecular formula is C9H20O3. The van der Waals surface area contributed by atoms with Gasteiger partial charge in [-0.1, -0.05) is 20.8 Å². The summed E-state index contributed by atoms with van der Waals surface area (Å²) in [7, 11) is 1.65. The van der Waals surface area contributed by atoms with Crippen LogP contribution >= 0.6 is 0 Å². The summed E-state index contributed by atoms with van der Waals surface area (Å²) in [6.07, 6.45) is 0. The molecule has 0 amide bonds. The summed E-state index contributed by atoms with van der Waals surface area (Å²) in [5, 5.41) is 0. The third-order valence-corrected chi connectivity index (χ3v) is 1.13. The Labute approximate surface area is 75.0 Å². The molecule has 0 saturated heterocycles. The van der Waals surface area contributed by atoms with Gasteiger partial charge in [-0.05, 0) is 5.41 Å². The molecule has 0 aromatic heterocycles. The monoisotopic (exact) mass is 176 g/mol. The van der Waals surface area contributed by atoms with E-state index >= 15 is 0 Å². The lowest BCUT2D eigenvalue weighted by Crippen LogP contribution is -2.16. The molecule has 0 radical (unpaired) electrons. The van der Waals surface area contributed by atoms with Crippen molar-refractivity contribution in [3.63, 3.8) is 0 Å². The molecule has 74 valence electrons. The van der Waals surface area contributed by atoms with Crippen LogP contribution in [0.5, 0.6) is 0 Å². The van der Waals surface area contributed by atoms with E-state index in [1.165, 1.54) is 0 Å². The van der Waals surface area contributed by atoms with Gasteiger partial charge in [0, 0.05) is 7.11 Å². The molecule has 0 aliphatic heterocycles. The van der Waals surface area contributed by atoms with E-state index in [0.717, 1.165) is 6.61 Å². The number of methoxy groups -OCH3 is 1. The summed E-state index contributed by atoms with van der Waals surface area (Å²) in [5.41, 5.74) is 0.213. The second-order valence-corrected chi connectivity index (χ2v) is 3.93. The predicted octanol–water partition coefficient (Wildman–Crippen LogP) is 1.67. The summed E-state index contributed by atoms with van der Waals surface area (Å²) in [6.45, 7) is 8.69. The van der Waals surface area contributed by atoms with Crippen molar-refractivity contribution in [2.24, 2.45) is 5.41 Å². The smallest absolute Gasteiger partial charge is 0.146 e. The highest BCUT2D eigenvalue weighted by atomic mass is 16.7. The van der Waals surface area contributed by atoms with Crippen LogP contribution in [-0.4, -0.2) is 33.7 Å². The van der Waals surface area contributed by atoms with Crippen LogP contribution in [0.4, 0.5) is 0 Å². The van der Waals surface area contributed by atoms with Gasteiger partial charge in [0.05, 0.1) is 19.8 Å². The Kier molecular flexibility index (Phi) is 6.34. The lowest BCUT2D eigenvalue weighted by Gasteiger charge is -2.17. The highest BCUT2D eigenvalue weighted by molar-refractivity contribution is 4.57. The van der Waals surface area contributed by atoms with Crippen LogP contribution in [0.3, 0.4) is 0 Å².